The molecular formula is C19H19N3O3. The Balaban J connectivity index is 1.60. The molecule has 0 radical (unpaired) electrons. The van der Waals surface area contributed by atoms with Crippen molar-refractivity contribution in [1.29, 1.82) is 0 Å². The van der Waals surface area contributed by atoms with Crippen molar-refractivity contribution >= 4 is 29.4 Å². The van der Waals surface area contributed by atoms with Gasteiger partial charge >= 0.3 is 0 Å². The largest absolute Gasteiger partial charge is 0.325 e. The van der Waals surface area contributed by atoms with Crippen LogP contribution in [0.4, 0.5) is 11.4 Å². The van der Waals surface area contributed by atoms with Crippen molar-refractivity contribution in [3.63, 3.8) is 0 Å². The Bertz CT molecular complexity index is 777. The Kier molecular flexibility index (Phi) is 5.20. The minimum Gasteiger partial charge on any atom is -0.325 e. The molecule has 1 unspecified atom stereocenters. The van der Waals surface area contributed by atoms with E-state index in [1.54, 1.807) is 12.1 Å². The number of nitro groups is 1. The number of carbonyl (C=O) groups excluding carboxylic acids is 1. The molecule has 6 heteroatoms. The fraction of sp³-hybridized carbons (Fsp3) is 0.211. The molecule has 25 heavy (non-hydrogen) atoms. The zero-order chi connectivity index (χ0) is 17.6. The Morgan fingerprint density at radius 2 is 1.68 bits per heavy atom. The van der Waals surface area contributed by atoms with Crippen LogP contribution in [0.5, 0.6) is 0 Å². The standard InChI is InChI=1S/C19H19N3O3/c23-19(18-2-1-13-20-18)21-16-9-5-14(6-10-16)3-4-15-7-11-17(12-8-15)22(24)25/h3-12,18,20H,1-2,13H2,(H,21,23)/b4-3+. The fourth-order valence-corrected chi connectivity index (χ4v) is 2.71. The third kappa shape index (κ3) is 4.51. The first-order valence-electron chi connectivity index (χ1n) is 8.19. The summed E-state index contributed by atoms with van der Waals surface area (Å²) in [6, 6.07) is 13.8. The molecule has 1 fully saturated rings. The summed E-state index contributed by atoms with van der Waals surface area (Å²) in [5, 5.41) is 16.7. The fourth-order valence-electron chi connectivity index (χ4n) is 2.71. The smallest absolute Gasteiger partial charge is 0.269 e. The second-order valence-electron chi connectivity index (χ2n) is 5.94. The summed E-state index contributed by atoms with van der Waals surface area (Å²) in [7, 11) is 0. The zero-order valence-electron chi connectivity index (χ0n) is 13.6. The quantitative estimate of drug-likeness (QED) is 0.497. The Morgan fingerprint density at radius 3 is 2.20 bits per heavy atom. The average molecular weight is 337 g/mol. The summed E-state index contributed by atoms with van der Waals surface area (Å²) in [4.78, 5) is 22.3. The van der Waals surface area contributed by atoms with E-state index in [0.717, 1.165) is 36.2 Å². The minimum absolute atomic E-state index is 0.00618. The first kappa shape index (κ1) is 16.9. The molecule has 0 spiro atoms. The molecule has 1 aliphatic rings. The van der Waals surface area contributed by atoms with Crippen LogP contribution in [-0.2, 0) is 4.79 Å². The summed E-state index contributed by atoms with van der Waals surface area (Å²) in [5.41, 5.74) is 2.71. The van der Waals surface area contributed by atoms with Crippen LogP contribution in [0.25, 0.3) is 12.2 Å². The van der Waals surface area contributed by atoms with Gasteiger partial charge in [0, 0.05) is 17.8 Å². The van der Waals surface area contributed by atoms with Crippen LogP contribution in [-0.4, -0.2) is 23.4 Å². The Morgan fingerprint density at radius 1 is 1.08 bits per heavy atom. The second kappa shape index (κ2) is 7.72. The SMILES string of the molecule is O=C(Nc1ccc(/C=C/c2ccc([N+](=O)[O-])cc2)cc1)C1CCCN1. The third-order valence-electron chi connectivity index (χ3n) is 4.13. The summed E-state index contributed by atoms with van der Waals surface area (Å²) < 4.78 is 0. The van der Waals surface area contributed by atoms with Gasteiger partial charge in [0.25, 0.3) is 5.69 Å². The number of hydrogen-bond acceptors (Lipinski definition) is 4. The lowest BCUT2D eigenvalue weighted by Gasteiger charge is -2.11. The van der Waals surface area contributed by atoms with Crippen molar-refractivity contribution in [3.8, 4) is 0 Å². The van der Waals surface area contributed by atoms with Crippen LogP contribution < -0.4 is 10.6 Å². The van der Waals surface area contributed by atoms with E-state index in [9.17, 15) is 14.9 Å². The van der Waals surface area contributed by atoms with Gasteiger partial charge in [-0.2, -0.15) is 0 Å². The van der Waals surface area contributed by atoms with E-state index in [1.165, 1.54) is 12.1 Å². The van der Waals surface area contributed by atoms with Gasteiger partial charge in [-0.15, -0.1) is 0 Å². The van der Waals surface area contributed by atoms with E-state index >= 15 is 0 Å². The molecule has 2 N–H and O–H groups in total. The highest BCUT2D eigenvalue weighted by Crippen LogP contribution is 2.16. The van der Waals surface area contributed by atoms with Crippen molar-refractivity contribution < 1.29 is 9.72 Å². The van der Waals surface area contributed by atoms with Crippen molar-refractivity contribution in [2.45, 2.75) is 18.9 Å². The number of hydrogen-bond donors (Lipinski definition) is 2. The number of carbonyl (C=O) groups is 1. The van der Waals surface area contributed by atoms with Gasteiger partial charge in [-0.05, 0) is 54.8 Å². The van der Waals surface area contributed by atoms with E-state index in [2.05, 4.69) is 10.6 Å². The lowest BCUT2D eigenvalue weighted by atomic mass is 10.1. The molecule has 0 bridgehead atoms. The molecule has 2 aromatic rings. The summed E-state index contributed by atoms with van der Waals surface area (Å²) in [6.07, 6.45) is 5.72. The molecule has 1 atom stereocenters. The van der Waals surface area contributed by atoms with Crippen LogP contribution in [0.15, 0.2) is 48.5 Å². The van der Waals surface area contributed by atoms with Gasteiger partial charge in [0.2, 0.25) is 5.91 Å². The first-order valence-corrected chi connectivity index (χ1v) is 8.19. The average Bonchev–Trinajstić information content (AvgIpc) is 3.16. The third-order valence-corrected chi connectivity index (χ3v) is 4.13. The van der Waals surface area contributed by atoms with E-state index in [1.807, 2.05) is 36.4 Å². The lowest BCUT2D eigenvalue weighted by molar-refractivity contribution is -0.384. The van der Waals surface area contributed by atoms with Crippen LogP contribution in [0.1, 0.15) is 24.0 Å². The monoisotopic (exact) mass is 337 g/mol. The number of nitro benzene ring substituents is 1. The maximum Gasteiger partial charge on any atom is 0.269 e. The minimum atomic E-state index is -0.415. The topological polar surface area (TPSA) is 84.3 Å². The van der Waals surface area contributed by atoms with Crippen LogP contribution in [0.3, 0.4) is 0 Å². The van der Waals surface area contributed by atoms with E-state index in [-0.39, 0.29) is 17.6 Å². The van der Waals surface area contributed by atoms with Gasteiger partial charge in [0.15, 0.2) is 0 Å². The van der Waals surface area contributed by atoms with Gasteiger partial charge in [-0.25, -0.2) is 0 Å². The summed E-state index contributed by atoms with van der Waals surface area (Å²) >= 11 is 0. The molecule has 1 aliphatic heterocycles. The number of rotatable bonds is 5. The predicted octanol–water partition coefficient (Wildman–Crippen LogP) is 3.46. The van der Waals surface area contributed by atoms with Crippen molar-refractivity contribution in [2.75, 3.05) is 11.9 Å². The maximum absolute atomic E-state index is 12.1. The van der Waals surface area contributed by atoms with Crippen LogP contribution in [0, 0.1) is 10.1 Å². The van der Waals surface area contributed by atoms with Crippen molar-refractivity contribution in [2.24, 2.45) is 0 Å². The van der Waals surface area contributed by atoms with Gasteiger partial charge < -0.3 is 10.6 Å². The molecule has 2 aromatic carbocycles. The van der Waals surface area contributed by atoms with Crippen molar-refractivity contribution in [1.82, 2.24) is 5.32 Å². The molecule has 1 heterocycles. The van der Waals surface area contributed by atoms with E-state index in [4.69, 9.17) is 0 Å². The Hall–Kier alpha value is -2.99. The van der Waals surface area contributed by atoms with Gasteiger partial charge in [-0.3, -0.25) is 14.9 Å². The number of amides is 1. The highest BCUT2D eigenvalue weighted by molar-refractivity contribution is 5.95. The number of nitrogens with zero attached hydrogens (tertiary/aromatic N) is 1. The molecule has 1 amide bonds. The molecule has 0 saturated carbocycles. The number of anilines is 1. The van der Waals surface area contributed by atoms with Gasteiger partial charge in [0.05, 0.1) is 11.0 Å². The highest BCUT2D eigenvalue weighted by atomic mass is 16.6. The first-order chi connectivity index (χ1) is 12.1. The maximum atomic E-state index is 12.1. The van der Waals surface area contributed by atoms with Crippen molar-refractivity contribution in [3.05, 3.63) is 69.8 Å². The molecule has 0 aliphatic carbocycles. The van der Waals surface area contributed by atoms with Crippen LogP contribution in [0.2, 0.25) is 0 Å². The number of benzene rings is 2. The normalized spacial score (nSPS) is 16.9. The number of non-ortho nitro benzene ring substituents is 1. The predicted molar refractivity (Wildman–Crippen MR) is 98.1 cm³/mol. The molecule has 3 rings (SSSR count). The van der Waals surface area contributed by atoms with E-state index in [0.29, 0.717) is 0 Å². The summed E-state index contributed by atoms with van der Waals surface area (Å²) in [6.45, 7) is 0.893. The molecule has 128 valence electrons. The molecule has 6 nitrogen and oxygen atoms in total. The van der Waals surface area contributed by atoms with Gasteiger partial charge in [-0.1, -0.05) is 24.3 Å². The Labute approximate surface area is 145 Å². The molecule has 1 saturated heterocycles. The molecule has 0 aromatic heterocycles. The van der Waals surface area contributed by atoms with Gasteiger partial charge in [0.1, 0.15) is 0 Å². The zero-order valence-corrected chi connectivity index (χ0v) is 13.6. The lowest BCUT2D eigenvalue weighted by Crippen LogP contribution is -2.35. The highest BCUT2D eigenvalue weighted by Gasteiger charge is 2.21. The second-order valence-corrected chi connectivity index (χ2v) is 5.94. The van der Waals surface area contributed by atoms with E-state index < -0.39 is 4.92 Å². The molecular weight excluding hydrogens is 318 g/mol. The van der Waals surface area contributed by atoms with Crippen LogP contribution >= 0.6 is 0 Å². The summed E-state index contributed by atoms with van der Waals surface area (Å²) in [5.74, 6) is 0.00618. The number of nitrogens with one attached hydrogen (secondary N) is 2.